The summed E-state index contributed by atoms with van der Waals surface area (Å²) in [5, 5.41) is 1.91. The molecule has 0 saturated heterocycles. The van der Waals surface area contributed by atoms with Gasteiger partial charge in [0.1, 0.15) is 6.04 Å². The molecule has 0 saturated carbocycles. The van der Waals surface area contributed by atoms with Crippen LogP contribution in [-0.4, -0.2) is 47.2 Å². The maximum atomic E-state index is 12.1. The molecule has 0 spiro atoms. The molecule has 0 fully saturated rings. The van der Waals surface area contributed by atoms with E-state index in [0.717, 1.165) is 0 Å². The number of halogens is 3. The van der Waals surface area contributed by atoms with E-state index in [0.29, 0.717) is 0 Å². The van der Waals surface area contributed by atoms with Gasteiger partial charge in [-0.05, 0) is 0 Å². The van der Waals surface area contributed by atoms with E-state index >= 15 is 0 Å². The molecule has 0 aromatic carbocycles. The highest BCUT2D eigenvalue weighted by molar-refractivity contribution is 7.80. The van der Waals surface area contributed by atoms with Crippen LogP contribution in [0.5, 0.6) is 0 Å². The van der Waals surface area contributed by atoms with Gasteiger partial charge in [-0.25, -0.2) is 4.79 Å². The SMILES string of the molecule is NC(=O)[C@H](CS)NC(=O)[C@](N)(CS)OC(=O)C(F)(F)F. The topological polar surface area (TPSA) is 125 Å². The van der Waals surface area contributed by atoms with Gasteiger partial charge in [0.2, 0.25) is 11.6 Å². The van der Waals surface area contributed by atoms with Gasteiger partial charge in [0.05, 0.1) is 5.75 Å². The number of amides is 2. The van der Waals surface area contributed by atoms with E-state index in [-0.39, 0.29) is 5.75 Å². The number of thiol groups is 2. The first kappa shape index (κ1) is 18.9. The summed E-state index contributed by atoms with van der Waals surface area (Å²) < 4.78 is 40.1. The van der Waals surface area contributed by atoms with Crippen LogP contribution in [0.2, 0.25) is 0 Å². The van der Waals surface area contributed by atoms with Crippen molar-refractivity contribution in [3.05, 3.63) is 0 Å². The Morgan fingerprint density at radius 2 is 1.75 bits per heavy atom. The standard InChI is InChI=1S/C8H12F3N3O4S2/c9-8(10,11)6(17)18-7(13,2-20)5(16)14-3(1-19)4(12)15/h3,19-20H,1-2,13H2,(H2,12,15)(H,14,16)/t3-,7-/m0/s1. The van der Waals surface area contributed by atoms with Gasteiger partial charge in [-0.3, -0.25) is 15.3 Å². The molecule has 116 valence electrons. The van der Waals surface area contributed by atoms with Crippen LogP contribution in [0, 0.1) is 0 Å². The third-order valence-electron chi connectivity index (χ3n) is 1.96. The molecule has 0 heterocycles. The van der Waals surface area contributed by atoms with Crippen molar-refractivity contribution in [3.63, 3.8) is 0 Å². The molecule has 12 heteroatoms. The third kappa shape index (κ3) is 5.09. The van der Waals surface area contributed by atoms with Gasteiger partial charge >= 0.3 is 12.1 Å². The predicted molar refractivity (Wildman–Crippen MR) is 67.9 cm³/mol. The third-order valence-corrected chi connectivity index (χ3v) is 2.79. The van der Waals surface area contributed by atoms with Crippen molar-refractivity contribution in [3.8, 4) is 0 Å². The number of carbonyl (C=O) groups is 3. The van der Waals surface area contributed by atoms with Gasteiger partial charge in [0.25, 0.3) is 5.91 Å². The van der Waals surface area contributed by atoms with Crippen molar-refractivity contribution >= 4 is 43.0 Å². The summed E-state index contributed by atoms with van der Waals surface area (Å²) >= 11 is 7.26. The number of primary amides is 1. The minimum absolute atomic E-state index is 0.225. The number of rotatable bonds is 6. The summed E-state index contributed by atoms with van der Waals surface area (Å²) in [6.07, 6.45) is -5.33. The lowest BCUT2D eigenvalue weighted by molar-refractivity contribution is -0.212. The maximum absolute atomic E-state index is 12.1. The highest BCUT2D eigenvalue weighted by atomic mass is 32.1. The zero-order valence-corrected chi connectivity index (χ0v) is 11.6. The maximum Gasteiger partial charge on any atom is 0.491 e. The molecule has 0 aromatic heterocycles. The van der Waals surface area contributed by atoms with Gasteiger partial charge in [-0.1, -0.05) is 0 Å². The van der Waals surface area contributed by atoms with E-state index in [2.05, 4.69) is 30.0 Å². The molecule has 0 aliphatic rings. The smallest absolute Gasteiger partial charge is 0.427 e. The molecule has 0 aliphatic carbocycles. The number of alkyl halides is 3. The second kappa shape index (κ2) is 7.04. The zero-order valence-electron chi connectivity index (χ0n) is 9.81. The highest BCUT2D eigenvalue weighted by Crippen LogP contribution is 2.20. The van der Waals surface area contributed by atoms with E-state index in [9.17, 15) is 27.6 Å². The second-order valence-corrected chi connectivity index (χ2v) is 4.23. The molecule has 2 amide bonds. The fourth-order valence-corrected chi connectivity index (χ4v) is 1.34. The van der Waals surface area contributed by atoms with Gasteiger partial charge in [0, 0.05) is 5.75 Å². The number of hydrogen-bond donors (Lipinski definition) is 5. The van der Waals surface area contributed by atoms with Gasteiger partial charge < -0.3 is 15.8 Å². The quantitative estimate of drug-likeness (QED) is 0.231. The molecule has 0 unspecified atom stereocenters. The van der Waals surface area contributed by atoms with Crippen molar-refractivity contribution in [2.75, 3.05) is 11.5 Å². The van der Waals surface area contributed by atoms with Gasteiger partial charge in [-0.15, -0.1) is 0 Å². The molecular formula is C8H12F3N3O4S2. The fraction of sp³-hybridized carbons (Fsp3) is 0.625. The molecule has 0 bridgehead atoms. The number of carbonyl (C=O) groups excluding carboxylic acids is 3. The minimum Gasteiger partial charge on any atom is -0.427 e. The first-order valence-electron chi connectivity index (χ1n) is 4.89. The predicted octanol–water partition coefficient (Wildman–Crippen LogP) is -1.42. The Hall–Kier alpha value is -1.14. The number of hydrogen-bond acceptors (Lipinski definition) is 7. The molecule has 20 heavy (non-hydrogen) atoms. The summed E-state index contributed by atoms with van der Waals surface area (Å²) in [4.78, 5) is 33.2. The average Bonchev–Trinajstić information content (AvgIpc) is 2.33. The van der Waals surface area contributed by atoms with Crippen LogP contribution in [0.1, 0.15) is 0 Å². The monoisotopic (exact) mass is 335 g/mol. The molecule has 0 aliphatic heterocycles. The summed E-state index contributed by atoms with van der Waals surface area (Å²) in [5.41, 5.74) is 7.43. The fourth-order valence-electron chi connectivity index (χ4n) is 0.861. The summed E-state index contributed by atoms with van der Waals surface area (Å²) in [5.74, 6) is -5.99. The van der Waals surface area contributed by atoms with E-state index in [1.807, 2.05) is 5.32 Å². The summed E-state index contributed by atoms with van der Waals surface area (Å²) in [6.45, 7) is 0. The largest absolute Gasteiger partial charge is 0.491 e. The van der Waals surface area contributed by atoms with Gasteiger partial charge in [-0.2, -0.15) is 38.4 Å². The van der Waals surface area contributed by atoms with Crippen molar-refractivity contribution in [1.82, 2.24) is 5.32 Å². The van der Waals surface area contributed by atoms with Crippen LogP contribution in [0.25, 0.3) is 0 Å². The second-order valence-electron chi connectivity index (χ2n) is 3.55. The number of esters is 1. The van der Waals surface area contributed by atoms with E-state index < -0.39 is 41.5 Å². The minimum atomic E-state index is -5.33. The van der Waals surface area contributed by atoms with E-state index in [4.69, 9.17) is 11.5 Å². The molecule has 7 nitrogen and oxygen atoms in total. The Kier molecular flexibility index (Phi) is 6.64. The Bertz CT molecular complexity index is 407. The average molecular weight is 335 g/mol. The molecule has 2 atom stereocenters. The summed E-state index contributed by atoms with van der Waals surface area (Å²) in [6, 6.07) is -1.29. The number of nitrogens with one attached hydrogen (secondary N) is 1. The van der Waals surface area contributed by atoms with Crippen LogP contribution in [0.3, 0.4) is 0 Å². The van der Waals surface area contributed by atoms with Crippen molar-refractivity contribution in [2.45, 2.75) is 17.9 Å². The summed E-state index contributed by atoms with van der Waals surface area (Å²) in [7, 11) is 0. The first-order chi connectivity index (χ1) is 8.97. The molecule has 0 aromatic rings. The van der Waals surface area contributed by atoms with Crippen molar-refractivity contribution < 1.29 is 32.3 Å². The van der Waals surface area contributed by atoms with E-state index in [1.165, 1.54) is 0 Å². The molecular weight excluding hydrogens is 323 g/mol. The number of ether oxygens (including phenoxy) is 1. The van der Waals surface area contributed by atoms with Crippen LogP contribution >= 0.6 is 25.3 Å². The van der Waals surface area contributed by atoms with E-state index in [1.54, 1.807) is 0 Å². The lowest BCUT2D eigenvalue weighted by atomic mass is 10.2. The normalized spacial score (nSPS) is 15.9. The van der Waals surface area contributed by atoms with Crippen molar-refractivity contribution in [2.24, 2.45) is 11.5 Å². The molecule has 5 N–H and O–H groups in total. The highest BCUT2D eigenvalue weighted by Gasteiger charge is 2.48. The Balaban J connectivity index is 5.00. The Morgan fingerprint density at radius 3 is 2.05 bits per heavy atom. The molecule has 0 rings (SSSR count). The Morgan fingerprint density at radius 1 is 1.25 bits per heavy atom. The lowest BCUT2D eigenvalue weighted by Gasteiger charge is -2.28. The van der Waals surface area contributed by atoms with Crippen LogP contribution in [0.4, 0.5) is 13.2 Å². The van der Waals surface area contributed by atoms with Crippen LogP contribution in [-0.2, 0) is 19.1 Å². The molecule has 0 radical (unpaired) electrons. The zero-order chi connectivity index (χ0) is 16.1. The van der Waals surface area contributed by atoms with Gasteiger partial charge in [0.15, 0.2) is 0 Å². The Labute approximate surface area is 122 Å². The van der Waals surface area contributed by atoms with Crippen LogP contribution in [0.15, 0.2) is 0 Å². The lowest BCUT2D eigenvalue weighted by Crippen LogP contribution is -2.62. The van der Waals surface area contributed by atoms with Crippen LogP contribution < -0.4 is 16.8 Å². The number of nitrogens with two attached hydrogens (primary N) is 2. The first-order valence-corrected chi connectivity index (χ1v) is 6.15. The van der Waals surface area contributed by atoms with Crippen molar-refractivity contribution in [1.29, 1.82) is 0 Å².